The zero-order valence-electron chi connectivity index (χ0n) is 12.2. The van der Waals surface area contributed by atoms with Gasteiger partial charge >= 0.3 is 0 Å². The number of aliphatic hydroxyl groups excluding tert-OH is 1. The molecular weight excluding hydrogens is 210 g/mol. The van der Waals surface area contributed by atoms with E-state index in [0.717, 1.165) is 18.4 Å². The first-order valence-electron chi connectivity index (χ1n) is 7.50. The molecule has 0 amide bonds. The maximum Gasteiger partial charge on any atom is 0.0558 e. The van der Waals surface area contributed by atoms with Crippen LogP contribution in [0, 0.1) is 11.8 Å². The van der Waals surface area contributed by atoms with Crippen molar-refractivity contribution < 1.29 is 5.11 Å². The third-order valence-electron chi connectivity index (χ3n) is 4.81. The second kappa shape index (κ2) is 7.38. The van der Waals surface area contributed by atoms with Crippen LogP contribution in [-0.2, 0) is 0 Å². The van der Waals surface area contributed by atoms with E-state index in [4.69, 9.17) is 0 Å². The minimum Gasteiger partial charge on any atom is -0.395 e. The third-order valence-corrected chi connectivity index (χ3v) is 4.81. The Hall–Kier alpha value is -0.0800. The summed E-state index contributed by atoms with van der Waals surface area (Å²) in [6.07, 6.45) is 6.40. The molecule has 1 N–H and O–H groups in total. The minimum atomic E-state index is 0.303. The molecule has 0 bridgehead atoms. The lowest BCUT2D eigenvalue weighted by atomic mass is 9.78. The SMILES string of the molecule is CCC(CC)N(CCO)C1CCC(C)C(C)C1. The predicted octanol–water partition coefficient (Wildman–Crippen LogP) is 3.29. The van der Waals surface area contributed by atoms with Crippen LogP contribution in [0.3, 0.4) is 0 Å². The molecule has 2 nitrogen and oxygen atoms in total. The van der Waals surface area contributed by atoms with Gasteiger partial charge in [0, 0.05) is 18.6 Å². The molecule has 1 fully saturated rings. The van der Waals surface area contributed by atoms with Gasteiger partial charge in [0.1, 0.15) is 0 Å². The van der Waals surface area contributed by atoms with E-state index in [9.17, 15) is 5.11 Å². The lowest BCUT2D eigenvalue weighted by Crippen LogP contribution is -2.47. The van der Waals surface area contributed by atoms with Crippen molar-refractivity contribution in [3.05, 3.63) is 0 Å². The van der Waals surface area contributed by atoms with Crippen LogP contribution >= 0.6 is 0 Å². The minimum absolute atomic E-state index is 0.303. The van der Waals surface area contributed by atoms with Crippen molar-refractivity contribution >= 4 is 0 Å². The highest BCUT2D eigenvalue weighted by Gasteiger charge is 2.30. The van der Waals surface area contributed by atoms with E-state index in [1.807, 2.05) is 0 Å². The number of hydrogen-bond acceptors (Lipinski definition) is 2. The number of rotatable bonds is 6. The van der Waals surface area contributed by atoms with Crippen molar-refractivity contribution in [2.24, 2.45) is 11.8 Å². The van der Waals surface area contributed by atoms with Gasteiger partial charge in [0.2, 0.25) is 0 Å². The standard InChI is InChI=1S/C15H31NO/c1-5-14(6-2)16(9-10-17)15-8-7-12(3)13(4)11-15/h12-15,17H,5-11H2,1-4H3. The summed E-state index contributed by atoms with van der Waals surface area (Å²) in [6.45, 7) is 10.5. The van der Waals surface area contributed by atoms with Crippen molar-refractivity contribution in [2.75, 3.05) is 13.2 Å². The zero-order valence-corrected chi connectivity index (χ0v) is 12.2. The van der Waals surface area contributed by atoms with Crippen LogP contribution in [0.15, 0.2) is 0 Å². The first-order chi connectivity index (χ1) is 8.13. The summed E-state index contributed by atoms with van der Waals surface area (Å²) < 4.78 is 0. The smallest absolute Gasteiger partial charge is 0.0558 e. The number of nitrogens with zero attached hydrogens (tertiary/aromatic N) is 1. The van der Waals surface area contributed by atoms with Gasteiger partial charge in [-0.05, 0) is 43.9 Å². The van der Waals surface area contributed by atoms with Crippen molar-refractivity contribution in [2.45, 2.75) is 71.9 Å². The van der Waals surface area contributed by atoms with E-state index >= 15 is 0 Å². The Balaban J connectivity index is 2.63. The van der Waals surface area contributed by atoms with Crippen LogP contribution < -0.4 is 0 Å². The summed E-state index contributed by atoms with van der Waals surface area (Å²) >= 11 is 0. The summed E-state index contributed by atoms with van der Waals surface area (Å²) in [5.74, 6) is 1.72. The molecule has 0 heterocycles. The van der Waals surface area contributed by atoms with Crippen LogP contribution in [0.2, 0.25) is 0 Å². The molecule has 1 aliphatic carbocycles. The highest BCUT2D eigenvalue weighted by atomic mass is 16.3. The largest absolute Gasteiger partial charge is 0.395 e. The van der Waals surface area contributed by atoms with Crippen molar-refractivity contribution in [1.82, 2.24) is 4.90 Å². The van der Waals surface area contributed by atoms with E-state index < -0.39 is 0 Å². The van der Waals surface area contributed by atoms with Gasteiger partial charge in [0.05, 0.1) is 6.61 Å². The van der Waals surface area contributed by atoms with Crippen LogP contribution in [0.25, 0.3) is 0 Å². The topological polar surface area (TPSA) is 23.5 Å². The molecule has 102 valence electrons. The molecular formula is C15H31NO. The molecule has 0 aliphatic heterocycles. The average Bonchev–Trinajstić information content (AvgIpc) is 2.33. The van der Waals surface area contributed by atoms with Crippen LogP contribution in [0.1, 0.15) is 59.8 Å². The molecule has 3 atom stereocenters. The molecule has 0 spiro atoms. The van der Waals surface area contributed by atoms with E-state index in [0.29, 0.717) is 18.7 Å². The van der Waals surface area contributed by atoms with Crippen LogP contribution in [-0.4, -0.2) is 35.2 Å². The molecule has 0 aromatic rings. The summed E-state index contributed by atoms with van der Waals surface area (Å²) in [7, 11) is 0. The molecule has 1 saturated carbocycles. The number of hydrogen-bond donors (Lipinski definition) is 1. The van der Waals surface area contributed by atoms with Crippen LogP contribution in [0.4, 0.5) is 0 Å². The Kier molecular flexibility index (Phi) is 6.50. The fraction of sp³-hybridized carbons (Fsp3) is 1.00. The van der Waals surface area contributed by atoms with Gasteiger partial charge in [-0.3, -0.25) is 4.90 Å². The maximum absolute atomic E-state index is 9.28. The molecule has 3 unspecified atom stereocenters. The lowest BCUT2D eigenvalue weighted by molar-refractivity contribution is 0.0515. The Morgan fingerprint density at radius 2 is 1.76 bits per heavy atom. The molecule has 1 aliphatic rings. The summed E-state index contributed by atoms with van der Waals surface area (Å²) in [6, 6.07) is 1.37. The molecule has 0 saturated heterocycles. The highest BCUT2D eigenvalue weighted by molar-refractivity contribution is 4.85. The lowest BCUT2D eigenvalue weighted by Gasteiger charge is -2.42. The first kappa shape index (κ1) is 15.0. The average molecular weight is 241 g/mol. The Labute approximate surface area is 107 Å². The van der Waals surface area contributed by atoms with Gasteiger partial charge in [0.25, 0.3) is 0 Å². The number of aliphatic hydroxyl groups is 1. The van der Waals surface area contributed by atoms with Crippen molar-refractivity contribution in [3.8, 4) is 0 Å². The summed E-state index contributed by atoms with van der Waals surface area (Å²) in [5.41, 5.74) is 0. The molecule has 0 aromatic heterocycles. The van der Waals surface area contributed by atoms with E-state index in [2.05, 4.69) is 32.6 Å². The first-order valence-corrected chi connectivity index (χ1v) is 7.50. The molecule has 17 heavy (non-hydrogen) atoms. The van der Waals surface area contributed by atoms with Gasteiger partial charge in [-0.2, -0.15) is 0 Å². The fourth-order valence-electron chi connectivity index (χ4n) is 3.36. The van der Waals surface area contributed by atoms with Gasteiger partial charge in [-0.1, -0.05) is 27.7 Å². The monoisotopic (exact) mass is 241 g/mol. The van der Waals surface area contributed by atoms with Crippen LogP contribution in [0.5, 0.6) is 0 Å². The summed E-state index contributed by atoms with van der Waals surface area (Å²) in [5, 5.41) is 9.28. The van der Waals surface area contributed by atoms with Gasteiger partial charge in [-0.25, -0.2) is 0 Å². The predicted molar refractivity (Wildman–Crippen MR) is 74.1 cm³/mol. The van der Waals surface area contributed by atoms with E-state index in [1.54, 1.807) is 0 Å². The van der Waals surface area contributed by atoms with Gasteiger partial charge in [-0.15, -0.1) is 0 Å². The quantitative estimate of drug-likeness (QED) is 0.771. The van der Waals surface area contributed by atoms with E-state index in [1.165, 1.54) is 32.1 Å². The molecule has 2 heteroatoms. The zero-order chi connectivity index (χ0) is 12.8. The van der Waals surface area contributed by atoms with E-state index in [-0.39, 0.29) is 0 Å². The second-order valence-electron chi connectivity index (χ2n) is 5.85. The normalized spacial score (nSPS) is 30.2. The Morgan fingerprint density at radius 1 is 1.12 bits per heavy atom. The Morgan fingerprint density at radius 3 is 2.24 bits per heavy atom. The third kappa shape index (κ3) is 3.96. The molecule has 1 rings (SSSR count). The second-order valence-corrected chi connectivity index (χ2v) is 5.85. The van der Waals surface area contributed by atoms with Gasteiger partial charge < -0.3 is 5.11 Å². The fourth-order valence-corrected chi connectivity index (χ4v) is 3.36. The van der Waals surface area contributed by atoms with Gasteiger partial charge in [0.15, 0.2) is 0 Å². The molecule has 0 aromatic carbocycles. The van der Waals surface area contributed by atoms with Crippen molar-refractivity contribution in [1.29, 1.82) is 0 Å². The van der Waals surface area contributed by atoms with Crippen molar-refractivity contribution in [3.63, 3.8) is 0 Å². The molecule has 0 radical (unpaired) electrons. The Bertz CT molecular complexity index is 203. The highest BCUT2D eigenvalue weighted by Crippen LogP contribution is 2.33. The summed E-state index contributed by atoms with van der Waals surface area (Å²) in [4.78, 5) is 2.59. The maximum atomic E-state index is 9.28.